The number of nitrogens with zero attached hydrogens (tertiary/aromatic N) is 5. The molecule has 0 fully saturated rings. The summed E-state index contributed by atoms with van der Waals surface area (Å²) in [5.74, 6) is -2.52. The lowest BCUT2D eigenvalue weighted by Gasteiger charge is -2.18. The van der Waals surface area contributed by atoms with Crippen molar-refractivity contribution in [1.29, 1.82) is 0 Å². The minimum Gasteiger partial charge on any atom is -0.475 e. The van der Waals surface area contributed by atoms with Crippen LogP contribution in [0.25, 0.3) is 0 Å². The Balaban J connectivity index is 0.000000404. The van der Waals surface area contributed by atoms with Crippen LogP contribution in [0.1, 0.15) is 17.4 Å². The van der Waals surface area contributed by atoms with Crippen molar-refractivity contribution in [2.24, 2.45) is 0 Å². The molecule has 0 saturated carbocycles. The maximum absolute atomic E-state index is 10.6. The molecule has 2 aromatic heterocycles. The van der Waals surface area contributed by atoms with E-state index in [1.165, 1.54) is 0 Å². The first-order valence-corrected chi connectivity index (χ1v) is 10.6. The molecule has 0 aliphatic carbocycles. The van der Waals surface area contributed by atoms with Crippen LogP contribution < -0.4 is 0 Å². The number of halogens is 6. The summed E-state index contributed by atoms with van der Waals surface area (Å²) in [5.41, 5.74) is 0. The summed E-state index contributed by atoms with van der Waals surface area (Å²) < 4.78 is 76.8. The highest BCUT2D eigenvalue weighted by Gasteiger charge is 2.38. The molecule has 2 aromatic rings. The number of furan rings is 1. The van der Waals surface area contributed by atoms with Crippen LogP contribution in [0.4, 0.5) is 26.3 Å². The van der Waals surface area contributed by atoms with Gasteiger partial charge in [0.2, 0.25) is 0 Å². The number of rotatable bonds is 7. The molecule has 0 bridgehead atoms. The lowest BCUT2D eigenvalue weighted by Crippen LogP contribution is -2.26. The van der Waals surface area contributed by atoms with Gasteiger partial charge in [-0.1, -0.05) is 0 Å². The number of alkyl halides is 6. The Morgan fingerprint density at radius 1 is 1.05 bits per heavy atom. The molecule has 0 aromatic carbocycles. The molecule has 1 aliphatic heterocycles. The molecule has 0 saturated heterocycles. The monoisotopic (exact) mass is 547 g/mol. The van der Waals surface area contributed by atoms with E-state index in [9.17, 15) is 26.3 Å². The second-order valence-corrected chi connectivity index (χ2v) is 7.75. The second-order valence-electron chi connectivity index (χ2n) is 7.75. The third kappa shape index (κ3) is 12.6. The Morgan fingerprint density at radius 2 is 1.65 bits per heavy atom. The highest BCUT2D eigenvalue weighted by atomic mass is 19.4. The quantitative estimate of drug-likeness (QED) is 0.393. The van der Waals surface area contributed by atoms with Crippen molar-refractivity contribution < 1.29 is 55.3 Å². The molecule has 3 heterocycles. The molecule has 0 atom stereocenters. The fraction of sp³-hybridized carbons (Fsp3) is 0.600. The van der Waals surface area contributed by atoms with Crippen molar-refractivity contribution in [3.05, 3.63) is 35.8 Å². The van der Waals surface area contributed by atoms with Crippen LogP contribution in [-0.4, -0.2) is 99.4 Å². The minimum absolute atomic E-state index is 0.527. The second kappa shape index (κ2) is 14.5. The summed E-state index contributed by atoms with van der Waals surface area (Å²) in [5, 5.41) is 22.9. The molecule has 210 valence electrons. The van der Waals surface area contributed by atoms with Crippen LogP contribution in [0.5, 0.6) is 0 Å². The molecular weight excluding hydrogens is 520 g/mol. The zero-order valence-corrected chi connectivity index (χ0v) is 19.9. The zero-order valence-electron chi connectivity index (χ0n) is 19.9. The smallest absolute Gasteiger partial charge is 0.475 e. The van der Waals surface area contributed by atoms with Gasteiger partial charge in [0.25, 0.3) is 0 Å². The predicted octanol–water partition coefficient (Wildman–Crippen LogP) is 2.27. The van der Waals surface area contributed by atoms with Crippen LogP contribution in [0.2, 0.25) is 0 Å². The highest BCUT2D eigenvalue weighted by molar-refractivity contribution is 5.73. The number of fused-ring (bicyclic) bond motifs is 1. The Kier molecular flexibility index (Phi) is 12.5. The topological polar surface area (TPSA) is 134 Å². The van der Waals surface area contributed by atoms with E-state index in [0.29, 0.717) is 13.2 Å². The standard InChI is InChI=1S/C16H25N5O2.2C2HF3O2/c1-19(2)9-11-22-13-16-18-17-15-5-6-20(7-8-21(15)16)12-14-4-3-10-23-14;2*3-2(4,5)1(6)7/h3-4,10H,5-9,11-13H2,1-2H3;2*(H,6,7). The fourth-order valence-electron chi connectivity index (χ4n) is 2.73. The van der Waals surface area contributed by atoms with Gasteiger partial charge in [0.05, 0.1) is 19.4 Å². The van der Waals surface area contributed by atoms with Crippen LogP contribution in [0, 0.1) is 0 Å². The molecule has 0 amide bonds. The van der Waals surface area contributed by atoms with E-state index in [1.54, 1.807) is 6.26 Å². The summed E-state index contributed by atoms with van der Waals surface area (Å²) in [7, 11) is 4.08. The Hall–Kier alpha value is -3.18. The van der Waals surface area contributed by atoms with Gasteiger partial charge in [-0.3, -0.25) is 4.90 Å². The van der Waals surface area contributed by atoms with Gasteiger partial charge in [-0.15, -0.1) is 10.2 Å². The SMILES string of the molecule is CN(C)CCOCc1nnc2n1CCN(Cc1ccco1)CC2.O=C(O)C(F)(F)F.O=C(O)C(F)(F)F. The van der Waals surface area contributed by atoms with E-state index in [1.807, 2.05) is 26.2 Å². The van der Waals surface area contributed by atoms with E-state index in [4.69, 9.17) is 29.0 Å². The van der Waals surface area contributed by atoms with Gasteiger partial charge >= 0.3 is 24.3 Å². The minimum atomic E-state index is -5.08. The first-order chi connectivity index (χ1) is 17.1. The van der Waals surface area contributed by atoms with Crippen molar-refractivity contribution in [3.63, 3.8) is 0 Å². The first kappa shape index (κ1) is 31.8. The van der Waals surface area contributed by atoms with Crippen molar-refractivity contribution in [2.45, 2.75) is 38.5 Å². The molecule has 0 radical (unpaired) electrons. The third-order valence-corrected chi connectivity index (χ3v) is 4.55. The Morgan fingerprint density at radius 3 is 2.14 bits per heavy atom. The van der Waals surface area contributed by atoms with Gasteiger partial charge in [-0.2, -0.15) is 26.3 Å². The van der Waals surface area contributed by atoms with Crippen LogP contribution in [0.15, 0.2) is 22.8 Å². The van der Waals surface area contributed by atoms with Crippen molar-refractivity contribution >= 4 is 11.9 Å². The zero-order chi connectivity index (χ0) is 28.2. The first-order valence-electron chi connectivity index (χ1n) is 10.6. The average molecular weight is 547 g/mol. The predicted molar refractivity (Wildman–Crippen MR) is 113 cm³/mol. The number of aromatic nitrogens is 3. The molecule has 3 rings (SSSR count). The van der Waals surface area contributed by atoms with Crippen molar-refractivity contribution in [1.82, 2.24) is 24.6 Å². The number of carboxylic acid groups (broad SMARTS) is 2. The summed E-state index contributed by atoms with van der Waals surface area (Å²) >= 11 is 0. The van der Waals surface area contributed by atoms with Gasteiger partial charge < -0.3 is 28.8 Å². The summed E-state index contributed by atoms with van der Waals surface area (Å²) in [6.45, 7) is 5.84. The normalized spacial score (nSPS) is 14.1. The van der Waals surface area contributed by atoms with E-state index in [0.717, 1.165) is 56.6 Å². The van der Waals surface area contributed by atoms with E-state index >= 15 is 0 Å². The van der Waals surface area contributed by atoms with Crippen molar-refractivity contribution in [3.8, 4) is 0 Å². The molecule has 2 N–H and O–H groups in total. The molecule has 11 nitrogen and oxygen atoms in total. The Bertz CT molecular complexity index is 938. The molecule has 17 heteroatoms. The van der Waals surface area contributed by atoms with Gasteiger partial charge in [0.1, 0.15) is 18.2 Å². The highest BCUT2D eigenvalue weighted by Crippen LogP contribution is 2.14. The van der Waals surface area contributed by atoms with Crippen LogP contribution in [0.3, 0.4) is 0 Å². The maximum atomic E-state index is 10.6. The number of aliphatic carboxylic acids is 2. The number of hydrogen-bond acceptors (Lipinski definition) is 8. The fourth-order valence-corrected chi connectivity index (χ4v) is 2.73. The van der Waals surface area contributed by atoms with E-state index in [-0.39, 0.29) is 0 Å². The van der Waals surface area contributed by atoms with Crippen molar-refractivity contribution in [2.75, 3.05) is 40.3 Å². The van der Waals surface area contributed by atoms with Crippen LogP contribution in [-0.2, 0) is 40.4 Å². The number of likely N-dealkylation sites (N-methyl/N-ethyl adjacent to an activating group) is 1. The largest absolute Gasteiger partial charge is 0.490 e. The molecular formula is C20H27F6N5O6. The van der Waals surface area contributed by atoms with Gasteiger partial charge in [0, 0.05) is 32.6 Å². The number of hydrogen-bond donors (Lipinski definition) is 2. The third-order valence-electron chi connectivity index (χ3n) is 4.55. The van der Waals surface area contributed by atoms with Crippen LogP contribution >= 0.6 is 0 Å². The van der Waals surface area contributed by atoms with Gasteiger partial charge in [-0.05, 0) is 26.2 Å². The van der Waals surface area contributed by atoms with E-state index < -0.39 is 24.3 Å². The molecule has 0 spiro atoms. The molecule has 37 heavy (non-hydrogen) atoms. The Labute approximate surface area is 207 Å². The lowest BCUT2D eigenvalue weighted by atomic mass is 10.3. The number of ether oxygens (including phenoxy) is 1. The van der Waals surface area contributed by atoms with Gasteiger partial charge in [-0.25, -0.2) is 9.59 Å². The summed E-state index contributed by atoms with van der Waals surface area (Å²) in [4.78, 5) is 22.3. The lowest BCUT2D eigenvalue weighted by molar-refractivity contribution is -0.193. The summed E-state index contributed by atoms with van der Waals surface area (Å²) in [6.07, 6.45) is -7.53. The summed E-state index contributed by atoms with van der Waals surface area (Å²) in [6, 6.07) is 3.96. The molecule has 1 aliphatic rings. The van der Waals surface area contributed by atoms with E-state index in [2.05, 4.69) is 24.6 Å². The number of carboxylic acids is 2. The maximum Gasteiger partial charge on any atom is 0.490 e. The average Bonchev–Trinajstić information content (AvgIpc) is 3.37. The number of carbonyl (C=O) groups is 2. The van der Waals surface area contributed by atoms with Gasteiger partial charge in [0.15, 0.2) is 5.82 Å². The molecule has 0 unspecified atom stereocenters.